The van der Waals surface area contributed by atoms with E-state index >= 15 is 0 Å². The van der Waals surface area contributed by atoms with Crippen molar-refractivity contribution in [2.75, 3.05) is 12.4 Å². The number of anilines is 1. The van der Waals surface area contributed by atoms with Crippen LogP contribution < -0.4 is 10.1 Å². The Hall–Kier alpha value is -2.26. The number of fused-ring (bicyclic) bond motifs is 1. The molecule has 1 aliphatic heterocycles. The summed E-state index contributed by atoms with van der Waals surface area (Å²) >= 11 is 6.26. The van der Waals surface area contributed by atoms with Gasteiger partial charge in [-0.1, -0.05) is 25.4 Å². The molecule has 1 heterocycles. The van der Waals surface area contributed by atoms with Crippen molar-refractivity contribution in [3.05, 3.63) is 57.1 Å². The van der Waals surface area contributed by atoms with Crippen molar-refractivity contribution < 1.29 is 9.53 Å². The lowest BCUT2D eigenvalue weighted by Crippen LogP contribution is -2.04. The first kappa shape index (κ1) is 17.6. The number of nitrogens with one attached hydrogen (secondary N) is 1. The minimum atomic E-state index is -0.0957. The zero-order valence-corrected chi connectivity index (χ0v) is 15.9. The molecule has 4 heteroatoms. The van der Waals surface area contributed by atoms with Gasteiger partial charge in [-0.15, -0.1) is 0 Å². The Labute approximate surface area is 153 Å². The Morgan fingerprint density at radius 2 is 1.92 bits per heavy atom. The summed E-state index contributed by atoms with van der Waals surface area (Å²) in [5.74, 6) is 1.11. The smallest absolute Gasteiger partial charge is 0.256 e. The number of benzene rings is 2. The first-order valence-electron chi connectivity index (χ1n) is 8.34. The summed E-state index contributed by atoms with van der Waals surface area (Å²) in [5.41, 5.74) is 6.47. The summed E-state index contributed by atoms with van der Waals surface area (Å²) < 4.78 is 5.51. The van der Waals surface area contributed by atoms with Gasteiger partial charge < -0.3 is 10.1 Å². The quantitative estimate of drug-likeness (QED) is 0.729. The molecule has 0 spiro atoms. The van der Waals surface area contributed by atoms with Gasteiger partial charge in [0.25, 0.3) is 5.91 Å². The summed E-state index contributed by atoms with van der Waals surface area (Å²) in [5, 5.41) is 3.59. The van der Waals surface area contributed by atoms with E-state index in [4.69, 9.17) is 16.3 Å². The summed E-state index contributed by atoms with van der Waals surface area (Å²) in [7, 11) is 1.69. The van der Waals surface area contributed by atoms with Crippen LogP contribution >= 0.6 is 11.6 Å². The van der Waals surface area contributed by atoms with Gasteiger partial charge in [-0.05, 0) is 72.4 Å². The molecular weight excluding hydrogens is 334 g/mol. The molecule has 1 amide bonds. The number of aryl methyl sites for hydroxylation is 1. The zero-order chi connectivity index (χ0) is 18.3. The van der Waals surface area contributed by atoms with Gasteiger partial charge in [0.2, 0.25) is 0 Å². The molecule has 0 radical (unpaired) electrons. The monoisotopic (exact) mass is 355 g/mol. The van der Waals surface area contributed by atoms with Crippen LogP contribution in [0.5, 0.6) is 5.75 Å². The number of carbonyl (C=O) groups is 1. The van der Waals surface area contributed by atoms with Crippen molar-refractivity contribution in [3.63, 3.8) is 0 Å². The molecule has 25 heavy (non-hydrogen) atoms. The average Bonchev–Trinajstić information content (AvgIpc) is 2.88. The molecule has 130 valence electrons. The number of hydrogen-bond acceptors (Lipinski definition) is 2. The minimum absolute atomic E-state index is 0.0957. The van der Waals surface area contributed by atoms with E-state index in [1.807, 2.05) is 38.1 Å². The van der Waals surface area contributed by atoms with Gasteiger partial charge in [-0.3, -0.25) is 4.79 Å². The fraction of sp³-hybridized carbons (Fsp3) is 0.286. The largest absolute Gasteiger partial charge is 0.496 e. The molecule has 0 aliphatic carbocycles. The third kappa shape index (κ3) is 3.05. The van der Waals surface area contributed by atoms with Crippen LogP contribution in [0.4, 0.5) is 5.69 Å². The number of ether oxygens (including phenoxy) is 1. The minimum Gasteiger partial charge on any atom is -0.496 e. The van der Waals surface area contributed by atoms with E-state index in [1.54, 1.807) is 7.11 Å². The number of rotatable bonds is 3. The Morgan fingerprint density at radius 3 is 2.56 bits per heavy atom. The van der Waals surface area contributed by atoms with E-state index in [0.717, 1.165) is 39.3 Å². The molecule has 0 unspecified atom stereocenters. The van der Waals surface area contributed by atoms with Crippen LogP contribution in [0.3, 0.4) is 0 Å². The van der Waals surface area contributed by atoms with Crippen LogP contribution in [0.25, 0.3) is 11.6 Å². The predicted octanol–water partition coefficient (Wildman–Crippen LogP) is 5.58. The molecule has 1 aliphatic rings. The van der Waals surface area contributed by atoms with E-state index in [2.05, 4.69) is 25.2 Å². The second-order valence-corrected chi connectivity index (χ2v) is 7.12. The van der Waals surface area contributed by atoms with Gasteiger partial charge in [-0.25, -0.2) is 0 Å². The van der Waals surface area contributed by atoms with E-state index in [1.165, 1.54) is 0 Å². The predicted molar refractivity (Wildman–Crippen MR) is 105 cm³/mol. The van der Waals surface area contributed by atoms with Crippen LogP contribution in [0.2, 0.25) is 5.02 Å². The highest BCUT2D eigenvalue weighted by Crippen LogP contribution is 2.39. The van der Waals surface area contributed by atoms with Gasteiger partial charge in [0.05, 0.1) is 7.11 Å². The number of amides is 1. The molecule has 3 nitrogen and oxygen atoms in total. The first-order chi connectivity index (χ1) is 11.8. The summed E-state index contributed by atoms with van der Waals surface area (Å²) in [6.07, 6.45) is 1.95. The lowest BCUT2D eigenvalue weighted by molar-refractivity contribution is -0.110. The normalized spacial score (nSPS) is 14.8. The van der Waals surface area contributed by atoms with Crippen LogP contribution in [-0.4, -0.2) is 13.0 Å². The van der Waals surface area contributed by atoms with Crippen molar-refractivity contribution in [1.29, 1.82) is 0 Å². The van der Waals surface area contributed by atoms with Crippen molar-refractivity contribution >= 4 is 34.8 Å². The highest BCUT2D eigenvalue weighted by molar-refractivity contribution is 6.37. The van der Waals surface area contributed by atoms with E-state index in [9.17, 15) is 4.79 Å². The van der Waals surface area contributed by atoms with Gasteiger partial charge in [0.1, 0.15) is 5.75 Å². The Bertz CT molecular complexity index is 897. The third-order valence-electron chi connectivity index (χ3n) is 4.70. The molecule has 0 atom stereocenters. The molecule has 2 aromatic rings. The van der Waals surface area contributed by atoms with Crippen molar-refractivity contribution in [1.82, 2.24) is 0 Å². The highest BCUT2D eigenvalue weighted by Gasteiger charge is 2.27. The molecule has 2 aromatic carbocycles. The number of carbonyl (C=O) groups excluding carboxylic acids is 1. The molecular formula is C21H22ClNO2. The van der Waals surface area contributed by atoms with Crippen molar-refractivity contribution in [2.45, 2.75) is 33.6 Å². The third-order valence-corrected chi connectivity index (χ3v) is 5.11. The Morgan fingerprint density at radius 1 is 1.20 bits per heavy atom. The first-order valence-corrected chi connectivity index (χ1v) is 8.72. The topological polar surface area (TPSA) is 38.3 Å². The maximum absolute atomic E-state index is 12.5. The van der Waals surface area contributed by atoms with E-state index < -0.39 is 0 Å². The van der Waals surface area contributed by atoms with Crippen LogP contribution in [0.1, 0.15) is 47.6 Å². The average molecular weight is 356 g/mol. The fourth-order valence-corrected chi connectivity index (χ4v) is 3.39. The summed E-state index contributed by atoms with van der Waals surface area (Å²) in [4.78, 5) is 12.5. The van der Waals surface area contributed by atoms with E-state index in [-0.39, 0.29) is 5.91 Å². The lowest BCUT2D eigenvalue weighted by Gasteiger charge is -2.15. The van der Waals surface area contributed by atoms with Gasteiger partial charge in [0, 0.05) is 21.8 Å². The molecule has 0 bridgehead atoms. The van der Waals surface area contributed by atoms with Gasteiger partial charge in [-0.2, -0.15) is 0 Å². The van der Waals surface area contributed by atoms with Gasteiger partial charge in [0.15, 0.2) is 0 Å². The number of hydrogen-bond donors (Lipinski definition) is 1. The summed E-state index contributed by atoms with van der Waals surface area (Å²) in [6.45, 7) is 8.23. The fourth-order valence-electron chi connectivity index (χ4n) is 3.23. The number of methoxy groups -OCH3 is 1. The molecule has 3 rings (SSSR count). The standard InChI is InChI=1S/C21H22ClNO2/c1-11(2)15-9-14(12(3)8-19(15)25-5)10-16-20-13(4)17(22)6-7-18(20)23-21(16)24/h6-11H,1-5H3,(H,23,24)/b16-10-. The SMILES string of the molecule is COc1cc(C)c(/C=C2\C(=O)Nc3ccc(Cl)c(C)c32)cc1C(C)C. The second-order valence-electron chi connectivity index (χ2n) is 6.71. The maximum atomic E-state index is 12.5. The second kappa shape index (κ2) is 6.57. The van der Waals surface area contributed by atoms with E-state index in [0.29, 0.717) is 16.5 Å². The lowest BCUT2D eigenvalue weighted by atomic mass is 9.93. The molecule has 1 N–H and O–H groups in total. The van der Waals surface area contributed by atoms with Crippen molar-refractivity contribution in [3.8, 4) is 5.75 Å². The Kier molecular flexibility index (Phi) is 4.61. The Balaban J connectivity index is 2.19. The molecule has 0 fully saturated rings. The molecule has 0 saturated heterocycles. The van der Waals surface area contributed by atoms with Crippen LogP contribution in [-0.2, 0) is 4.79 Å². The van der Waals surface area contributed by atoms with Crippen LogP contribution in [0, 0.1) is 13.8 Å². The van der Waals surface area contributed by atoms with Crippen molar-refractivity contribution in [2.24, 2.45) is 0 Å². The molecule has 0 saturated carbocycles. The maximum Gasteiger partial charge on any atom is 0.256 e. The highest BCUT2D eigenvalue weighted by atomic mass is 35.5. The van der Waals surface area contributed by atoms with Crippen LogP contribution in [0.15, 0.2) is 24.3 Å². The number of halogens is 1. The summed E-state index contributed by atoms with van der Waals surface area (Å²) in [6, 6.07) is 7.80. The zero-order valence-electron chi connectivity index (χ0n) is 15.2. The molecule has 0 aromatic heterocycles. The van der Waals surface area contributed by atoms with Gasteiger partial charge >= 0.3 is 0 Å².